The van der Waals surface area contributed by atoms with Gasteiger partial charge in [0.2, 0.25) is 11.9 Å². The lowest BCUT2D eigenvalue weighted by atomic mass is 10.2. The van der Waals surface area contributed by atoms with Crippen molar-refractivity contribution in [2.75, 3.05) is 11.9 Å². The first-order valence-electron chi connectivity index (χ1n) is 5.86. The molecular weight excluding hydrogens is 216 g/mol. The summed E-state index contributed by atoms with van der Waals surface area (Å²) in [5, 5.41) is 5.90. The summed E-state index contributed by atoms with van der Waals surface area (Å²) in [6.45, 7) is 8.61. The molecule has 0 saturated heterocycles. The van der Waals surface area contributed by atoms with Crippen molar-refractivity contribution in [3.63, 3.8) is 0 Å². The number of nitrogens with zero attached hydrogens (tertiary/aromatic N) is 2. The van der Waals surface area contributed by atoms with E-state index < -0.39 is 0 Å². The number of hydrogen-bond acceptors (Lipinski definition) is 4. The maximum absolute atomic E-state index is 11.7. The summed E-state index contributed by atoms with van der Waals surface area (Å²) in [5.74, 6) is 0.319. The standard InChI is InChI=1S/C12H20N4O/c1-5-13-8(2)7-11(17)16-12-14-9(3)6-10(4)15-12/h6,8,13H,5,7H2,1-4H3,(H,14,15,16,17). The molecule has 17 heavy (non-hydrogen) atoms. The molecule has 0 aromatic carbocycles. The molecule has 2 N–H and O–H groups in total. The monoisotopic (exact) mass is 236 g/mol. The van der Waals surface area contributed by atoms with Crippen molar-refractivity contribution in [2.45, 2.75) is 40.2 Å². The number of aryl methyl sites for hydroxylation is 2. The van der Waals surface area contributed by atoms with E-state index in [4.69, 9.17) is 0 Å². The summed E-state index contributed by atoms with van der Waals surface area (Å²) in [6.07, 6.45) is 0.421. The van der Waals surface area contributed by atoms with Crippen LogP contribution in [0.3, 0.4) is 0 Å². The Bertz CT molecular complexity index is 372. The predicted molar refractivity (Wildman–Crippen MR) is 67.9 cm³/mol. The number of carbonyl (C=O) groups is 1. The molecule has 0 bridgehead atoms. The number of nitrogens with one attached hydrogen (secondary N) is 2. The molecule has 5 heteroatoms. The lowest BCUT2D eigenvalue weighted by Crippen LogP contribution is -2.30. The summed E-state index contributed by atoms with van der Waals surface area (Å²) < 4.78 is 0. The second-order valence-electron chi connectivity index (χ2n) is 4.19. The van der Waals surface area contributed by atoms with Crippen LogP contribution in [0.4, 0.5) is 5.95 Å². The molecule has 1 aromatic heterocycles. The molecule has 0 aliphatic rings. The van der Waals surface area contributed by atoms with Gasteiger partial charge in [-0.2, -0.15) is 0 Å². The van der Waals surface area contributed by atoms with Gasteiger partial charge in [-0.3, -0.25) is 10.1 Å². The van der Waals surface area contributed by atoms with Crippen LogP contribution >= 0.6 is 0 Å². The molecular formula is C12H20N4O. The van der Waals surface area contributed by atoms with Gasteiger partial charge in [-0.1, -0.05) is 6.92 Å². The van der Waals surface area contributed by atoms with Crippen LogP contribution in [-0.4, -0.2) is 28.5 Å². The third-order valence-electron chi connectivity index (χ3n) is 2.28. The zero-order valence-corrected chi connectivity index (χ0v) is 10.9. The van der Waals surface area contributed by atoms with Crippen molar-refractivity contribution in [2.24, 2.45) is 0 Å². The number of carbonyl (C=O) groups excluding carboxylic acids is 1. The number of aromatic nitrogens is 2. The lowest BCUT2D eigenvalue weighted by Gasteiger charge is -2.11. The topological polar surface area (TPSA) is 66.9 Å². The van der Waals surface area contributed by atoms with Gasteiger partial charge in [0, 0.05) is 23.9 Å². The van der Waals surface area contributed by atoms with E-state index in [0.29, 0.717) is 12.4 Å². The minimum atomic E-state index is -0.0662. The first-order chi connectivity index (χ1) is 8.01. The lowest BCUT2D eigenvalue weighted by molar-refractivity contribution is -0.116. The van der Waals surface area contributed by atoms with Crippen LogP contribution in [0.2, 0.25) is 0 Å². The highest BCUT2D eigenvalue weighted by Crippen LogP contribution is 2.04. The van der Waals surface area contributed by atoms with Crippen LogP contribution in [0.15, 0.2) is 6.07 Å². The number of hydrogen-bond donors (Lipinski definition) is 2. The fraction of sp³-hybridized carbons (Fsp3) is 0.583. The molecule has 0 fully saturated rings. The average Bonchev–Trinajstić information content (AvgIpc) is 2.14. The predicted octanol–water partition coefficient (Wildman–Crippen LogP) is 1.42. The fourth-order valence-corrected chi connectivity index (χ4v) is 1.66. The molecule has 1 rings (SSSR count). The Hall–Kier alpha value is -1.49. The van der Waals surface area contributed by atoms with Gasteiger partial charge in [-0.25, -0.2) is 9.97 Å². The van der Waals surface area contributed by atoms with Gasteiger partial charge >= 0.3 is 0 Å². The second-order valence-corrected chi connectivity index (χ2v) is 4.19. The van der Waals surface area contributed by atoms with Gasteiger partial charge in [-0.15, -0.1) is 0 Å². The number of amides is 1. The highest BCUT2D eigenvalue weighted by atomic mass is 16.1. The van der Waals surface area contributed by atoms with Crippen molar-refractivity contribution in [1.29, 1.82) is 0 Å². The first-order valence-corrected chi connectivity index (χ1v) is 5.86. The molecule has 94 valence electrons. The number of anilines is 1. The molecule has 0 spiro atoms. The van der Waals surface area contributed by atoms with Crippen molar-refractivity contribution in [1.82, 2.24) is 15.3 Å². The van der Waals surface area contributed by atoms with Crippen LogP contribution in [0.25, 0.3) is 0 Å². The zero-order chi connectivity index (χ0) is 12.8. The fourth-order valence-electron chi connectivity index (χ4n) is 1.66. The Labute approximate surface area is 102 Å². The van der Waals surface area contributed by atoms with E-state index in [2.05, 4.69) is 20.6 Å². The van der Waals surface area contributed by atoms with Crippen molar-refractivity contribution >= 4 is 11.9 Å². The molecule has 0 radical (unpaired) electrons. The molecule has 1 heterocycles. The van der Waals surface area contributed by atoms with Crippen molar-refractivity contribution in [3.05, 3.63) is 17.5 Å². The van der Waals surface area contributed by atoms with Crippen molar-refractivity contribution < 1.29 is 4.79 Å². The molecule has 1 aromatic rings. The SMILES string of the molecule is CCNC(C)CC(=O)Nc1nc(C)cc(C)n1. The van der Waals surface area contributed by atoms with E-state index in [1.807, 2.05) is 33.8 Å². The van der Waals surface area contributed by atoms with Gasteiger partial charge in [0.1, 0.15) is 0 Å². The minimum absolute atomic E-state index is 0.0662. The van der Waals surface area contributed by atoms with E-state index in [9.17, 15) is 4.79 Å². The maximum atomic E-state index is 11.7. The van der Waals surface area contributed by atoms with Crippen LogP contribution in [0.1, 0.15) is 31.7 Å². The minimum Gasteiger partial charge on any atom is -0.314 e. The molecule has 0 aliphatic carbocycles. The summed E-state index contributed by atoms with van der Waals surface area (Å²) >= 11 is 0. The molecule has 0 saturated carbocycles. The van der Waals surface area contributed by atoms with E-state index >= 15 is 0 Å². The van der Waals surface area contributed by atoms with Crippen molar-refractivity contribution in [3.8, 4) is 0 Å². The Balaban J connectivity index is 2.56. The van der Waals surface area contributed by atoms with Crippen LogP contribution in [0.5, 0.6) is 0 Å². The molecule has 0 aliphatic heterocycles. The van der Waals surface area contributed by atoms with E-state index in [1.165, 1.54) is 0 Å². The van der Waals surface area contributed by atoms with Gasteiger partial charge in [0.05, 0.1) is 0 Å². The maximum Gasteiger partial charge on any atom is 0.229 e. The van der Waals surface area contributed by atoms with Gasteiger partial charge in [-0.05, 0) is 33.4 Å². The average molecular weight is 236 g/mol. The Kier molecular flexibility index (Phi) is 5.03. The van der Waals surface area contributed by atoms with Gasteiger partial charge in [0.15, 0.2) is 0 Å². The van der Waals surface area contributed by atoms with Gasteiger partial charge < -0.3 is 5.32 Å². The van der Waals surface area contributed by atoms with E-state index in [1.54, 1.807) is 0 Å². The Morgan fingerprint density at radius 3 is 2.47 bits per heavy atom. The summed E-state index contributed by atoms with van der Waals surface area (Å²) in [6, 6.07) is 2.03. The molecule has 5 nitrogen and oxygen atoms in total. The first kappa shape index (κ1) is 13.6. The molecule has 1 atom stereocenters. The Morgan fingerprint density at radius 1 is 1.35 bits per heavy atom. The van der Waals surface area contributed by atoms with Crippen LogP contribution < -0.4 is 10.6 Å². The van der Waals surface area contributed by atoms with Gasteiger partial charge in [0.25, 0.3) is 0 Å². The Morgan fingerprint density at radius 2 is 1.94 bits per heavy atom. The quantitative estimate of drug-likeness (QED) is 0.811. The number of rotatable bonds is 5. The third-order valence-corrected chi connectivity index (χ3v) is 2.28. The van der Waals surface area contributed by atoms with Crippen LogP contribution in [-0.2, 0) is 4.79 Å². The van der Waals surface area contributed by atoms with Crippen LogP contribution in [0, 0.1) is 13.8 Å². The summed E-state index contributed by atoms with van der Waals surface area (Å²) in [4.78, 5) is 20.0. The highest BCUT2D eigenvalue weighted by molar-refractivity contribution is 5.89. The summed E-state index contributed by atoms with van der Waals surface area (Å²) in [5.41, 5.74) is 1.71. The molecule has 1 unspecified atom stereocenters. The van der Waals surface area contributed by atoms with E-state index in [0.717, 1.165) is 17.9 Å². The van der Waals surface area contributed by atoms with E-state index in [-0.39, 0.29) is 11.9 Å². The smallest absolute Gasteiger partial charge is 0.229 e. The summed E-state index contributed by atoms with van der Waals surface area (Å²) in [7, 11) is 0. The molecule has 1 amide bonds. The normalized spacial score (nSPS) is 12.2. The second kappa shape index (κ2) is 6.30. The zero-order valence-electron chi connectivity index (χ0n) is 10.9. The largest absolute Gasteiger partial charge is 0.314 e. The highest BCUT2D eigenvalue weighted by Gasteiger charge is 2.09. The third kappa shape index (κ3) is 4.91.